The van der Waals surface area contributed by atoms with Gasteiger partial charge < -0.3 is 10.2 Å². The molecule has 1 N–H and O–H groups in total. The standard InChI is InChI=1S/C22H18ClN3O2/c23-21(15-5-2-1-3-6-15)16-8-10-18(11-9-16)25-22(27)20-13-19(26-28-20)17-7-4-12-24-14-17/h1-12,14,20-21H,13H2,(H,25,27). The molecule has 2 atom stereocenters. The average Bonchev–Trinajstić information content (AvgIpc) is 3.26. The number of hydrogen-bond donors (Lipinski definition) is 1. The van der Waals surface area contributed by atoms with Crippen molar-refractivity contribution < 1.29 is 9.63 Å². The van der Waals surface area contributed by atoms with Crippen molar-refractivity contribution >= 4 is 28.9 Å². The van der Waals surface area contributed by atoms with Gasteiger partial charge in [-0.05, 0) is 35.4 Å². The summed E-state index contributed by atoms with van der Waals surface area (Å²) in [6, 6.07) is 21.1. The molecule has 2 aromatic carbocycles. The molecule has 0 saturated heterocycles. The van der Waals surface area contributed by atoms with Crippen molar-refractivity contribution in [1.82, 2.24) is 4.98 Å². The van der Waals surface area contributed by atoms with Crippen LogP contribution in [0.4, 0.5) is 5.69 Å². The fourth-order valence-corrected chi connectivity index (χ4v) is 3.29. The Balaban J connectivity index is 1.37. The molecule has 5 nitrogen and oxygen atoms in total. The van der Waals surface area contributed by atoms with Crippen molar-refractivity contribution in [1.29, 1.82) is 0 Å². The van der Waals surface area contributed by atoms with Gasteiger partial charge in [0.1, 0.15) is 0 Å². The lowest BCUT2D eigenvalue weighted by Gasteiger charge is -2.13. The minimum Gasteiger partial charge on any atom is -0.382 e. The zero-order chi connectivity index (χ0) is 19.3. The van der Waals surface area contributed by atoms with Gasteiger partial charge in [-0.1, -0.05) is 47.6 Å². The van der Waals surface area contributed by atoms with Crippen molar-refractivity contribution in [2.24, 2.45) is 5.16 Å². The molecule has 0 bridgehead atoms. The highest BCUT2D eigenvalue weighted by Gasteiger charge is 2.29. The molecule has 0 radical (unpaired) electrons. The van der Waals surface area contributed by atoms with Crippen molar-refractivity contribution in [3.63, 3.8) is 0 Å². The Kier molecular flexibility index (Phi) is 5.35. The van der Waals surface area contributed by atoms with E-state index in [2.05, 4.69) is 15.5 Å². The molecular formula is C22H18ClN3O2. The van der Waals surface area contributed by atoms with Crippen LogP contribution in [0.2, 0.25) is 0 Å². The number of rotatable bonds is 5. The second kappa shape index (κ2) is 8.23. The molecule has 6 heteroatoms. The van der Waals surface area contributed by atoms with Crippen LogP contribution >= 0.6 is 11.6 Å². The van der Waals surface area contributed by atoms with E-state index in [1.807, 2.05) is 66.7 Å². The first-order valence-electron chi connectivity index (χ1n) is 8.93. The quantitative estimate of drug-likeness (QED) is 0.649. The summed E-state index contributed by atoms with van der Waals surface area (Å²) < 4.78 is 0. The lowest BCUT2D eigenvalue weighted by atomic mass is 10.0. The van der Waals surface area contributed by atoms with Crippen molar-refractivity contribution in [2.45, 2.75) is 17.9 Å². The Morgan fingerprint density at radius 2 is 1.79 bits per heavy atom. The fourth-order valence-electron chi connectivity index (χ4n) is 2.99. The van der Waals surface area contributed by atoms with Gasteiger partial charge in [-0.25, -0.2) is 0 Å². The summed E-state index contributed by atoms with van der Waals surface area (Å²) in [7, 11) is 0. The summed E-state index contributed by atoms with van der Waals surface area (Å²) in [4.78, 5) is 21.8. The van der Waals surface area contributed by atoms with Gasteiger partial charge in [-0.3, -0.25) is 9.78 Å². The Labute approximate surface area is 168 Å². The van der Waals surface area contributed by atoms with E-state index >= 15 is 0 Å². The van der Waals surface area contributed by atoms with E-state index in [4.69, 9.17) is 16.4 Å². The van der Waals surface area contributed by atoms with Crippen LogP contribution in [0, 0.1) is 0 Å². The molecule has 1 aromatic heterocycles. The molecule has 1 aliphatic heterocycles. The predicted octanol–water partition coefficient (Wildman–Crippen LogP) is 4.54. The SMILES string of the molecule is O=C(Nc1ccc(C(Cl)c2ccccc2)cc1)C1CC(c2cccnc2)=NO1. The van der Waals surface area contributed by atoms with Gasteiger partial charge in [-0.2, -0.15) is 0 Å². The van der Waals surface area contributed by atoms with Crippen LogP contribution in [0.3, 0.4) is 0 Å². The van der Waals surface area contributed by atoms with E-state index in [0.29, 0.717) is 12.1 Å². The zero-order valence-electron chi connectivity index (χ0n) is 15.0. The number of alkyl halides is 1. The van der Waals surface area contributed by atoms with E-state index in [1.165, 1.54) is 0 Å². The number of anilines is 1. The highest BCUT2D eigenvalue weighted by Crippen LogP contribution is 2.29. The molecule has 2 heterocycles. The largest absolute Gasteiger partial charge is 0.382 e. The molecule has 0 spiro atoms. The lowest BCUT2D eigenvalue weighted by molar-refractivity contribution is -0.125. The summed E-state index contributed by atoms with van der Waals surface area (Å²) in [6.45, 7) is 0. The van der Waals surface area contributed by atoms with Gasteiger partial charge in [0, 0.05) is 30.1 Å². The third kappa shape index (κ3) is 4.05. The number of carbonyl (C=O) groups is 1. The summed E-state index contributed by atoms with van der Waals surface area (Å²) in [6.07, 6.45) is 3.15. The summed E-state index contributed by atoms with van der Waals surface area (Å²) in [5.41, 5.74) is 4.25. The second-order valence-electron chi connectivity index (χ2n) is 6.46. The van der Waals surface area contributed by atoms with Crippen LogP contribution in [0.15, 0.2) is 84.3 Å². The lowest BCUT2D eigenvalue weighted by Crippen LogP contribution is -2.28. The average molecular weight is 392 g/mol. The molecule has 28 heavy (non-hydrogen) atoms. The van der Waals surface area contributed by atoms with Gasteiger partial charge >= 0.3 is 0 Å². The van der Waals surface area contributed by atoms with E-state index in [0.717, 1.165) is 22.4 Å². The first-order chi connectivity index (χ1) is 13.7. The molecular weight excluding hydrogens is 374 g/mol. The van der Waals surface area contributed by atoms with Crippen LogP contribution in [-0.2, 0) is 9.63 Å². The molecule has 4 rings (SSSR count). The van der Waals surface area contributed by atoms with Crippen molar-refractivity contribution in [3.8, 4) is 0 Å². The van der Waals surface area contributed by atoms with Gasteiger partial charge in [0.05, 0.1) is 11.1 Å². The number of hydrogen-bond acceptors (Lipinski definition) is 4. The molecule has 0 fully saturated rings. The number of amides is 1. The highest BCUT2D eigenvalue weighted by atomic mass is 35.5. The third-order valence-electron chi connectivity index (χ3n) is 4.52. The van der Waals surface area contributed by atoms with E-state index < -0.39 is 6.10 Å². The summed E-state index contributed by atoms with van der Waals surface area (Å²) in [5, 5.41) is 6.65. The topological polar surface area (TPSA) is 63.6 Å². The van der Waals surface area contributed by atoms with Gasteiger partial charge in [0.2, 0.25) is 6.10 Å². The van der Waals surface area contributed by atoms with Crippen LogP contribution in [0.25, 0.3) is 0 Å². The fraction of sp³-hybridized carbons (Fsp3) is 0.136. The van der Waals surface area contributed by atoms with Gasteiger partial charge in [0.15, 0.2) is 0 Å². The minimum atomic E-state index is -0.653. The molecule has 0 saturated carbocycles. The second-order valence-corrected chi connectivity index (χ2v) is 6.90. The first kappa shape index (κ1) is 18.2. The first-order valence-corrected chi connectivity index (χ1v) is 9.37. The number of nitrogens with one attached hydrogen (secondary N) is 1. The van der Waals surface area contributed by atoms with Crippen LogP contribution in [-0.4, -0.2) is 22.7 Å². The molecule has 2 unspecified atom stereocenters. The normalized spacial score (nSPS) is 16.8. The number of oxime groups is 1. The summed E-state index contributed by atoms with van der Waals surface area (Å²) >= 11 is 6.54. The highest BCUT2D eigenvalue weighted by molar-refractivity contribution is 6.22. The van der Waals surface area contributed by atoms with Crippen molar-refractivity contribution in [3.05, 3.63) is 95.8 Å². The Morgan fingerprint density at radius 3 is 2.50 bits per heavy atom. The van der Waals surface area contributed by atoms with Crippen LogP contribution < -0.4 is 5.32 Å². The van der Waals surface area contributed by atoms with Gasteiger partial charge in [-0.15, -0.1) is 11.6 Å². The maximum absolute atomic E-state index is 12.5. The number of pyridine rings is 1. The monoisotopic (exact) mass is 391 g/mol. The van der Waals surface area contributed by atoms with E-state index in [-0.39, 0.29) is 11.3 Å². The number of aromatic nitrogens is 1. The number of benzene rings is 2. The smallest absolute Gasteiger partial charge is 0.268 e. The van der Waals surface area contributed by atoms with E-state index in [9.17, 15) is 4.79 Å². The Hall–Kier alpha value is -3.18. The number of carbonyl (C=O) groups excluding carboxylic acids is 1. The maximum Gasteiger partial charge on any atom is 0.268 e. The summed E-state index contributed by atoms with van der Waals surface area (Å²) in [5.74, 6) is -0.235. The van der Waals surface area contributed by atoms with Crippen LogP contribution in [0.5, 0.6) is 0 Å². The minimum absolute atomic E-state index is 0.235. The molecule has 3 aromatic rings. The van der Waals surface area contributed by atoms with Crippen molar-refractivity contribution in [2.75, 3.05) is 5.32 Å². The molecule has 140 valence electrons. The third-order valence-corrected chi connectivity index (χ3v) is 5.02. The molecule has 1 amide bonds. The maximum atomic E-state index is 12.5. The van der Waals surface area contributed by atoms with E-state index in [1.54, 1.807) is 12.4 Å². The van der Waals surface area contributed by atoms with Gasteiger partial charge in [0.25, 0.3) is 5.91 Å². The van der Waals surface area contributed by atoms with Crippen LogP contribution in [0.1, 0.15) is 28.5 Å². The Bertz CT molecular complexity index is 976. The number of halogens is 1. The zero-order valence-corrected chi connectivity index (χ0v) is 15.7. The molecule has 1 aliphatic rings. The predicted molar refractivity (Wildman–Crippen MR) is 109 cm³/mol. The number of nitrogens with zero attached hydrogens (tertiary/aromatic N) is 2. The Morgan fingerprint density at radius 1 is 1.04 bits per heavy atom. The molecule has 0 aliphatic carbocycles.